The fourth-order valence-electron chi connectivity index (χ4n) is 1.46. The Morgan fingerprint density at radius 2 is 1.63 bits per heavy atom. The summed E-state index contributed by atoms with van der Waals surface area (Å²) in [5.41, 5.74) is 1.25. The van der Waals surface area contributed by atoms with Crippen LogP contribution in [0.4, 0.5) is 14.5 Å². The number of rotatable bonds is 4. The van der Waals surface area contributed by atoms with E-state index in [4.69, 9.17) is 0 Å². The molecule has 0 aromatic heterocycles. The Morgan fingerprint density at radius 3 is 2.16 bits per heavy atom. The Morgan fingerprint density at radius 1 is 1.05 bits per heavy atom. The summed E-state index contributed by atoms with van der Waals surface area (Å²) in [6, 6.07) is 10.4. The van der Waals surface area contributed by atoms with Gasteiger partial charge >= 0.3 is 0 Å². The summed E-state index contributed by atoms with van der Waals surface area (Å²) in [5, 5.41) is 0. The predicted molar refractivity (Wildman–Crippen MR) is 72.3 cm³/mol. The smallest absolute Gasteiger partial charge is 0.159 e. The molecular weight excluding hydrogens is 268 g/mol. The second-order valence-electron chi connectivity index (χ2n) is 3.89. The minimum Gasteiger partial charge on any atom is -0.325 e. The number of Topliss-reactive ketones (excluding diaryl/α,β-unsaturated/α-hetero) is 1. The lowest BCUT2D eigenvalue weighted by molar-refractivity contribution is 0.101. The van der Waals surface area contributed by atoms with Crippen LogP contribution in [-0.4, -0.2) is 5.78 Å². The molecule has 1 N–H and O–H groups in total. The van der Waals surface area contributed by atoms with Crippen LogP contribution in [0.2, 0.25) is 0 Å². The van der Waals surface area contributed by atoms with E-state index in [1.165, 1.54) is 25.1 Å². The molecule has 0 aliphatic heterocycles. The summed E-state index contributed by atoms with van der Waals surface area (Å²) in [7, 11) is 0. The van der Waals surface area contributed by atoms with E-state index in [-0.39, 0.29) is 10.7 Å². The molecule has 2 aromatic rings. The van der Waals surface area contributed by atoms with Gasteiger partial charge in [-0.1, -0.05) is 6.07 Å². The van der Waals surface area contributed by atoms with Crippen LogP contribution in [0.3, 0.4) is 0 Å². The number of anilines is 1. The first-order valence-electron chi connectivity index (χ1n) is 5.56. The number of carbonyl (C=O) groups is 1. The van der Waals surface area contributed by atoms with Gasteiger partial charge in [-0.15, -0.1) is 0 Å². The largest absolute Gasteiger partial charge is 0.325 e. The second kappa shape index (κ2) is 5.84. The third kappa shape index (κ3) is 3.32. The third-order valence-electron chi connectivity index (χ3n) is 2.48. The number of nitrogens with one attached hydrogen (secondary N) is 1. The quantitative estimate of drug-likeness (QED) is 0.668. The van der Waals surface area contributed by atoms with Crippen LogP contribution in [0.5, 0.6) is 0 Å². The highest BCUT2D eigenvalue weighted by Crippen LogP contribution is 2.26. The van der Waals surface area contributed by atoms with Gasteiger partial charge in [0.1, 0.15) is 11.6 Å². The molecule has 2 nitrogen and oxygen atoms in total. The molecule has 0 radical (unpaired) electrons. The highest BCUT2D eigenvalue weighted by molar-refractivity contribution is 8.00. The van der Waals surface area contributed by atoms with Crippen molar-refractivity contribution in [2.24, 2.45) is 0 Å². The van der Waals surface area contributed by atoms with E-state index >= 15 is 0 Å². The van der Waals surface area contributed by atoms with E-state index < -0.39 is 11.6 Å². The average Bonchev–Trinajstić information content (AvgIpc) is 2.38. The summed E-state index contributed by atoms with van der Waals surface area (Å²) in [5.74, 6) is -1.25. The van der Waals surface area contributed by atoms with Gasteiger partial charge in [0.25, 0.3) is 0 Å². The second-order valence-corrected chi connectivity index (χ2v) is 4.70. The first-order valence-corrected chi connectivity index (χ1v) is 6.37. The summed E-state index contributed by atoms with van der Waals surface area (Å²) >= 11 is 0.856. The Bertz CT molecular complexity index is 579. The van der Waals surface area contributed by atoms with Crippen LogP contribution in [0.1, 0.15) is 17.3 Å². The summed E-state index contributed by atoms with van der Waals surface area (Å²) < 4.78 is 29.6. The molecule has 0 atom stereocenters. The number of ketones is 1. The molecule has 5 heteroatoms. The zero-order valence-corrected chi connectivity index (χ0v) is 10.9. The van der Waals surface area contributed by atoms with Gasteiger partial charge in [0.15, 0.2) is 5.78 Å². The Labute approximate surface area is 114 Å². The van der Waals surface area contributed by atoms with Gasteiger partial charge in [0, 0.05) is 11.3 Å². The molecule has 19 heavy (non-hydrogen) atoms. The molecule has 0 aliphatic rings. The van der Waals surface area contributed by atoms with E-state index in [9.17, 15) is 13.6 Å². The van der Waals surface area contributed by atoms with E-state index in [1.54, 1.807) is 24.3 Å². The van der Waals surface area contributed by atoms with Crippen molar-refractivity contribution in [3.05, 3.63) is 59.7 Å². The molecule has 0 aliphatic carbocycles. The summed E-state index contributed by atoms with van der Waals surface area (Å²) in [6.45, 7) is 1.48. The highest BCUT2D eigenvalue weighted by atomic mass is 32.2. The molecular formula is C14H11F2NOS. The zero-order valence-electron chi connectivity index (χ0n) is 10.1. The Kier molecular flexibility index (Phi) is 4.16. The monoisotopic (exact) mass is 279 g/mol. The van der Waals surface area contributed by atoms with Crippen molar-refractivity contribution in [3.8, 4) is 0 Å². The maximum atomic E-state index is 13.4. The van der Waals surface area contributed by atoms with Crippen molar-refractivity contribution in [2.75, 3.05) is 4.72 Å². The van der Waals surface area contributed by atoms with Gasteiger partial charge in [-0.25, -0.2) is 8.78 Å². The van der Waals surface area contributed by atoms with Crippen molar-refractivity contribution in [1.29, 1.82) is 0 Å². The summed E-state index contributed by atoms with van der Waals surface area (Å²) in [6.07, 6.45) is 0. The SMILES string of the molecule is CC(=O)c1ccc(NSc2c(F)cccc2F)cc1. The third-order valence-corrected chi connectivity index (χ3v) is 3.41. The molecule has 2 aromatic carbocycles. The van der Waals surface area contributed by atoms with Gasteiger partial charge < -0.3 is 4.72 Å². The molecule has 2 rings (SSSR count). The zero-order chi connectivity index (χ0) is 13.8. The highest BCUT2D eigenvalue weighted by Gasteiger charge is 2.09. The number of hydrogen-bond acceptors (Lipinski definition) is 3. The number of benzene rings is 2. The molecule has 0 spiro atoms. The van der Waals surface area contributed by atoms with Crippen LogP contribution in [0.15, 0.2) is 47.4 Å². The van der Waals surface area contributed by atoms with Gasteiger partial charge in [-0.05, 0) is 55.3 Å². The van der Waals surface area contributed by atoms with Gasteiger partial charge in [0.05, 0.1) is 4.90 Å². The number of carbonyl (C=O) groups excluding carboxylic acids is 1. The lowest BCUT2D eigenvalue weighted by Crippen LogP contribution is -1.94. The van der Waals surface area contributed by atoms with Crippen LogP contribution in [0.25, 0.3) is 0 Å². The molecule has 0 saturated carbocycles. The van der Waals surface area contributed by atoms with Crippen molar-refractivity contribution in [2.45, 2.75) is 11.8 Å². The lowest BCUT2D eigenvalue weighted by Gasteiger charge is -2.07. The molecule has 0 saturated heterocycles. The van der Waals surface area contributed by atoms with Crippen molar-refractivity contribution in [3.63, 3.8) is 0 Å². The standard InChI is InChI=1S/C14H11F2NOS/c1-9(18)10-5-7-11(8-6-10)17-19-14-12(15)3-2-4-13(14)16/h2-8,17H,1H3. The molecule has 0 unspecified atom stereocenters. The molecule has 98 valence electrons. The Balaban J connectivity index is 2.08. The van der Waals surface area contributed by atoms with E-state index in [1.807, 2.05) is 0 Å². The lowest BCUT2D eigenvalue weighted by atomic mass is 10.1. The van der Waals surface area contributed by atoms with Crippen molar-refractivity contribution < 1.29 is 13.6 Å². The fraction of sp³-hybridized carbons (Fsp3) is 0.0714. The maximum Gasteiger partial charge on any atom is 0.159 e. The minimum absolute atomic E-state index is 0.0284. The van der Waals surface area contributed by atoms with E-state index in [2.05, 4.69) is 4.72 Å². The number of halogens is 2. The van der Waals surface area contributed by atoms with Gasteiger partial charge in [-0.2, -0.15) is 0 Å². The van der Waals surface area contributed by atoms with Gasteiger partial charge in [0.2, 0.25) is 0 Å². The van der Waals surface area contributed by atoms with E-state index in [0.29, 0.717) is 11.3 Å². The van der Waals surface area contributed by atoms with Crippen molar-refractivity contribution in [1.82, 2.24) is 0 Å². The predicted octanol–water partition coefficient (Wildman–Crippen LogP) is 4.29. The maximum absolute atomic E-state index is 13.4. The first kappa shape index (κ1) is 13.5. The van der Waals surface area contributed by atoms with Crippen LogP contribution in [0, 0.1) is 11.6 Å². The first-order chi connectivity index (χ1) is 9.08. The minimum atomic E-state index is -0.613. The molecule has 0 fully saturated rings. The molecule has 0 heterocycles. The fourth-order valence-corrected chi connectivity index (χ4v) is 2.15. The molecule has 0 bridgehead atoms. The Hall–Kier alpha value is -1.88. The van der Waals surface area contributed by atoms with Gasteiger partial charge in [-0.3, -0.25) is 4.79 Å². The molecule has 0 amide bonds. The van der Waals surface area contributed by atoms with Crippen LogP contribution in [-0.2, 0) is 0 Å². The normalized spacial score (nSPS) is 10.3. The van der Waals surface area contributed by atoms with Crippen LogP contribution >= 0.6 is 11.9 Å². The van der Waals surface area contributed by atoms with Crippen LogP contribution < -0.4 is 4.72 Å². The average molecular weight is 279 g/mol. The topological polar surface area (TPSA) is 29.1 Å². The number of hydrogen-bond donors (Lipinski definition) is 1. The summed E-state index contributed by atoms with van der Waals surface area (Å²) in [4.78, 5) is 11.0. The van der Waals surface area contributed by atoms with Crippen molar-refractivity contribution >= 4 is 23.4 Å². The van der Waals surface area contributed by atoms with E-state index in [0.717, 1.165) is 11.9 Å².